The van der Waals surface area contributed by atoms with Gasteiger partial charge in [0.25, 0.3) is 0 Å². The van der Waals surface area contributed by atoms with Crippen LogP contribution in [0.15, 0.2) is 30.3 Å². The Bertz CT molecular complexity index is 503. The minimum Gasteiger partial charge on any atom is -0.479 e. The second-order valence-corrected chi connectivity index (χ2v) is 4.01. The fraction of sp³-hybridized carbons (Fsp3) is 0.250. The summed E-state index contributed by atoms with van der Waals surface area (Å²) in [6, 6.07) is 5.90. The largest absolute Gasteiger partial charge is 0.479 e. The van der Waals surface area contributed by atoms with Gasteiger partial charge in [0, 0.05) is 13.1 Å². The molecule has 1 aliphatic heterocycles. The molecular weight excluding hydrogens is 250 g/mol. The highest BCUT2D eigenvalue weighted by molar-refractivity contribution is 5.96. The van der Waals surface area contributed by atoms with Crippen LogP contribution in [0.5, 0.6) is 0 Å². The van der Waals surface area contributed by atoms with E-state index in [2.05, 4.69) is 10.6 Å². The number of hydrogen-bond acceptors (Lipinski definition) is 3. The van der Waals surface area contributed by atoms with Crippen molar-refractivity contribution in [3.63, 3.8) is 0 Å². The van der Waals surface area contributed by atoms with Crippen LogP contribution in [0.3, 0.4) is 0 Å². The first-order valence-electron chi connectivity index (χ1n) is 5.73. The van der Waals surface area contributed by atoms with Crippen molar-refractivity contribution in [2.24, 2.45) is 0 Å². The van der Waals surface area contributed by atoms with Crippen LogP contribution < -0.4 is 10.6 Å². The maximum atomic E-state index is 11.8. The third-order valence-electron chi connectivity index (χ3n) is 2.75. The number of hydrogen-bond donors (Lipinski definition) is 3. The third kappa shape index (κ3) is 2.82. The van der Waals surface area contributed by atoms with Crippen molar-refractivity contribution in [1.29, 1.82) is 0 Å². The summed E-state index contributed by atoms with van der Waals surface area (Å²) in [7, 11) is 0. The molecule has 100 valence electrons. The molecule has 0 saturated carbocycles. The lowest BCUT2D eigenvalue weighted by Crippen LogP contribution is -2.45. The monoisotopic (exact) mass is 263 g/mol. The molecule has 2 rings (SSSR count). The number of carbonyl (C=O) groups is 3. The number of nitrogens with one attached hydrogen (secondary N) is 2. The Labute approximate surface area is 109 Å². The van der Waals surface area contributed by atoms with Crippen molar-refractivity contribution in [3.8, 4) is 0 Å². The number of amides is 4. The minimum atomic E-state index is -1.18. The van der Waals surface area contributed by atoms with Gasteiger partial charge in [0.15, 0.2) is 6.04 Å². The molecule has 7 heteroatoms. The number of urea groups is 2. The van der Waals surface area contributed by atoms with Gasteiger partial charge in [-0.2, -0.15) is 0 Å². The zero-order valence-electron chi connectivity index (χ0n) is 10.00. The first kappa shape index (κ1) is 12.9. The predicted octanol–water partition coefficient (Wildman–Crippen LogP) is 0.547. The normalized spacial score (nSPS) is 15.8. The van der Waals surface area contributed by atoms with E-state index >= 15 is 0 Å². The van der Waals surface area contributed by atoms with E-state index in [1.807, 2.05) is 0 Å². The highest BCUT2D eigenvalue weighted by atomic mass is 16.4. The number of aliphatic carboxylic acids is 1. The molecule has 19 heavy (non-hydrogen) atoms. The van der Waals surface area contributed by atoms with Gasteiger partial charge >= 0.3 is 18.0 Å². The topological polar surface area (TPSA) is 98.7 Å². The zero-order chi connectivity index (χ0) is 13.8. The van der Waals surface area contributed by atoms with Crippen molar-refractivity contribution < 1.29 is 19.5 Å². The van der Waals surface area contributed by atoms with Crippen molar-refractivity contribution in [2.45, 2.75) is 6.04 Å². The van der Waals surface area contributed by atoms with E-state index in [1.54, 1.807) is 30.3 Å². The Morgan fingerprint density at radius 2 is 2.00 bits per heavy atom. The summed E-state index contributed by atoms with van der Waals surface area (Å²) in [6.45, 7) is 0.598. The number of imide groups is 1. The molecule has 0 aromatic heterocycles. The van der Waals surface area contributed by atoms with Gasteiger partial charge in [0.1, 0.15) is 0 Å². The van der Waals surface area contributed by atoms with Crippen LogP contribution in [-0.4, -0.2) is 41.1 Å². The summed E-state index contributed by atoms with van der Waals surface area (Å²) in [5.41, 5.74) is 0.447. The molecular formula is C12H13N3O4. The van der Waals surface area contributed by atoms with E-state index in [0.29, 0.717) is 12.1 Å². The van der Waals surface area contributed by atoms with Crippen molar-refractivity contribution >= 4 is 18.0 Å². The van der Waals surface area contributed by atoms with E-state index in [1.165, 1.54) is 0 Å². The molecule has 7 nitrogen and oxygen atoms in total. The van der Waals surface area contributed by atoms with Gasteiger partial charge in [-0.3, -0.25) is 0 Å². The Morgan fingerprint density at radius 1 is 1.32 bits per heavy atom. The van der Waals surface area contributed by atoms with Crippen LogP contribution in [0.25, 0.3) is 0 Å². The smallest absolute Gasteiger partial charge is 0.330 e. The summed E-state index contributed by atoms with van der Waals surface area (Å²) in [4.78, 5) is 35.3. The van der Waals surface area contributed by atoms with Gasteiger partial charge in [-0.05, 0) is 5.56 Å². The quantitative estimate of drug-likeness (QED) is 0.741. The maximum absolute atomic E-state index is 11.8. The van der Waals surface area contributed by atoms with E-state index < -0.39 is 24.1 Å². The molecule has 1 aliphatic rings. The zero-order valence-corrected chi connectivity index (χ0v) is 10.00. The van der Waals surface area contributed by atoms with Gasteiger partial charge in [-0.15, -0.1) is 0 Å². The molecule has 1 aromatic rings. The predicted molar refractivity (Wildman–Crippen MR) is 65.5 cm³/mol. The summed E-state index contributed by atoms with van der Waals surface area (Å²) >= 11 is 0. The second-order valence-electron chi connectivity index (χ2n) is 4.01. The highest BCUT2D eigenvalue weighted by Gasteiger charge is 2.30. The molecule has 0 aliphatic carbocycles. The average Bonchev–Trinajstić information content (AvgIpc) is 2.82. The molecule has 1 fully saturated rings. The summed E-state index contributed by atoms with van der Waals surface area (Å²) in [5, 5.41) is 14.0. The van der Waals surface area contributed by atoms with E-state index in [0.717, 1.165) is 4.90 Å². The van der Waals surface area contributed by atoms with Crippen molar-refractivity contribution in [3.05, 3.63) is 35.9 Å². The number of carboxylic acid groups (broad SMARTS) is 1. The average molecular weight is 263 g/mol. The number of benzene rings is 1. The van der Waals surface area contributed by atoms with Crippen LogP contribution in [0.2, 0.25) is 0 Å². The first-order valence-corrected chi connectivity index (χ1v) is 5.73. The van der Waals surface area contributed by atoms with E-state index in [9.17, 15) is 14.4 Å². The third-order valence-corrected chi connectivity index (χ3v) is 2.75. The second kappa shape index (κ2) is 5.38. The van der Waals surface area contributed by atoms with Gasteiger partial charge in [-0.25, -0.2) is 19.3 Å². The maximum Gasteiger partial charge on any atom is 0.330 e. The molecule has 1 atom stereocenters. The van der Waals surface area contributed by atoms with Crippen LogP contribution in [0, 0.1) is 0 Å². The van der Waals surface area contributed by atoms with E-state index in [4.69, 9.17) is 5.11 Å². The summed E-state index contributed by atoms with van der Waals surface area (Å²) in [6.07, 6.45) is 0. The fourth-order valence-electron chi connectivity index (χ4n) is 1.80. The standard InChI is InChI=1S/C12H13N3O4/c16-10(17)9(8-4-2-1-3-5-8)14-12(19)15-7-6-13-11(15)18/h1-5,9H,6-7H2,(H,13,18)(H,14,19)(H,16,17)/t9-/m1/s1. The molecule has 0 unspecified atom stereocenters. The Morgan fingerprint density at radius 3 is 2.53 bits per heavy atom. The molecule has 1 heterocycles. The van der Waals surface area contributed by atoms with Crippen LogP contribution >= 0.6 is 0 Å². The lowest BCUT2D eigenvalue weighted by molar-refractivity contribution is -0.139. The fourth-order valence-corrected chi connectivity index (χ4v) is 1.80. The highest BCUT2D eigenvalue weighted by Crippen LogP contribution is 2.13. The van der Waals surface area contributed by atoms with Crippen molar-refractivity contribution in [1.82, 2.24) is 15.5 Å². The molecule has 3 N–H and O–H groups in total. The first-order chi connectivity index (χ1) is 9.09. The Balaban J connectivity index is 2.12. The van der Waals surface area contributed by atoms with Crippen LogP contribution in [0.4, 0.5) is 9.59 Å². The van der Waals surface area contributed by atoms with E-state index in [-0.39, 0.29) is 6.54 Å². The Hall–Kier alpha value is -2.57. The molecule has 0 radical (unpaired) electrons. The van der Waals surface area contributed by atoms with Crippen LogP contribution in [0.1, 0.15) is 11.6 Å². The summed E-state index contributed by atoms with van der Waals surface area (Å²) < 4.78 is 0. The lowest BCUT2D eigenvalue weighted by Gasteiger charge is -2.18. The number of carbonyl (C=O) groups excluding carboxylic acids is 2. The van der Waals surface area contributed by atoms with Gasteiger partial charge in [0.2, 0.25) is 0 Å². The molecule has 4 amide bonds. The van der Waals surface area contributed by atoms with Gasteiger partial charge < -0.3 is 15.7 Å². The Kier molecular flexibility index (Phi) is 3.65. The minimum absolute atomic E-state index is 0.228. The molecule has 1 aromatic carbocycles. The number of nitrogens with zero attached hydrogens (tertiary/aromatic N) is 1. The number of carboxylic acids is 1. The molecule has 0 spiro atoms. The number of rotatable bonds is 3. The lowest BCUT2D eigenvalue weighted by atomic mass is 10.1. The van der Waals surface area contributed by atoms with Gasteiger partial charge in [0.05, 0.1) is 0 Å². The van der Waals surface area contributed by atoms with Gasteiger partial charge in [-0.1, -0.05) is 30.3 Å². The summed E-state index contributed by atoms with van der Waals surface area (Å²) in [5.74, 6) is -1.18. The van der Waals surface area contributed by atoms with Crippen LogP contribution in [-0.2, 0) is 4.79 Å². The molecule has 0 bridgehead atoms. The molecule has 1 saturated heterocycles. The van der Waals surface area contributed by atoms with Crippen molar-refractivity contribution in [2.75, 3.05) is 13.1 Å². The SMILES string of the molecule is O=C(O)[C@H](NC(=O)N1CCNC1=O)c1ccccc1.